The molecular formula is C16H21N3OS. The molecule has 0 aromatic carbocycles. The first-order chi connectivity index (χ1) is 10.4. The third-order valence-electron chi connectivity index (χ3n) is 4.52. The second-order valence-electron chi connectivity index (χ2n) is 6.05. The fraction of sp³-hybridized carbons (Fsp3) is 0.625. The van der Waals surface area contributed by atoms with E-state index in [1.54, 1.807) is 0 Å². The molecule has 0 saturated carbocycles. The standard InChI is InChI=1S/C16H21N3OS/c1-4-14-16(17-6-1)19(13-3-2-7-20-10-13)15(18-14)9-12-5-8-21-11-12/h1,4,6,12-13H,2-3,5,7-11H2. The lowest BCUT2D eigenvalue weighted by Gasteiger charge is -2.25. The summed E-state index contributed by atoms with van der Waals surface area (Å²) in [5.41, 5.74) is 2.07. The number of imidazole rings is 1. The normalized spacial score (nSPS) is 26.5. The molecule has 0 aliphatic carbocycles. The molecule has 0 spiro atoms. The van der Waals surface area contributed by atoms with Crippen molar-refractivity contribution in [3.63, 3.8) is 0 Å². The lowest BCUT2D eigenvalue weighted by molar-refractivity contribution is 0.0592. The van der Waals surface area contributed by atoms with Crippen LogP contribution in [0.25, 0.3) is 11.2 Å². The monoisotopic (exact) mass is 303 g/mol. The molecule has 21 heavy (non-hydrogen) atoms. The van der Waals surface area contributed by atoms with E-state index in [1.807, 2.05) is 12.3 Å². The van der Waals surface area contributed by atoms with Crippen molar-refractivity contribution in [1.82, 2.24) is 14.5 Å². The van der Waals surface area contributed by atoms with E-state index in [1.165, 1.54) is 30.2 Å². The molecule has 2 atom stereocenters. The minimum absolute atomic E-state index is 0.405. The Hall–Kier alpha value is -1.07. The first-order valence-corrected chi connectivity index (χ1v) is 9.04. The van der Waals surface area contributed by atoms with E-state index in [-0.39, 0.29) is 0 Å². The van der Waals surface area contributed by atoms with E-state index in [9.17, 15) is 0 Å². The van der Waals surface area contributed by atoms with E-state index in [2.05, 4.69) is 27.4 Å². The molecule has 112 valence electrons. The molecular weight excluding hydrogens is 282 g/mol. The van der Waals surface area contributed by atoms with Gasteiger partial charge in [0, 0.05) is 19.2 Å². The summed E-state index contributed by atoms with van der Waals surface area (Å²) in [5.74, 6) is 4.56. The summed E-state index contributed by atoms with van der Waals surface area (Å²) in [4.78, 5) is 9.48. The van der Waals surface area contributed by atoms with Gasteiger partial charge in [0.2, 0.25) is 0 Å². The number of ether oxygens (including phenoxy) is 1. The molecule has 2 aromatic rings. The molecule has 0 N–H and O–H groups in total. The van der Waals surface area contributed by atoms with Gasteiger partial charge in [-0.25, -0.2) is 9.97 Å². The summed E-state index contributed by atoms with van der Waals surface area (Å²) in [6.07, 6.45) is 6.59. The Morgan fingerprint density at radius 2 is 2.38 bits per heavy atom. The van der Waals surface area contributed by atoms with Crippen LogP contribution in [0.1, 0.15) is 31.1 Å². The van der Waals surface area contributed by atoms with Crippen molar-refractivity contribution in [1.29, 1.82) is 0 Å². The lowest BCUT2D eigenvalue weighted by Crippen LogP contribution is -2.24. The molecule has 2 aliphatic rings. The zero-order valence-electron chi connectivity index (χ0n) is 12.2. The highest BCUT2D eigenvalue weighted by molar-refractivity contribution is 7.99. The Kier molecular flexibility index (Phi) is 3.86. The molecule has 4 heterocycles. The summed E-state index contributed by atoms with van der Waals surface area (Å²) in [6, 6.07) is 4.46. The first-order valence-electron chi connectivity index (χ1n) is 7.89. The van der Waals surface area contributed by atoms with Gasteiger partial charge in [0.15, 0.2) is 5.65 Å². The van der Waals surface area contributed by atoms with Gasteiger partial charge in [-0.3, -0.25) is 0 Å². The van der Waals surface area contributed by atoms with E-state index in [0.717, 1.165) is 43.1 Å². The minimum atomic E-state index is 0.405. The molecule has 2 aliphatic heterocycles. The highest BCUT2D eigenvalue weighted by atomic mass is 32.2. The summed E-state index contributed by atoms with van der Waals surface area (Å²) in [5, 5.41) is 0. The van der Waals surface area contributed by atoms with Gasteiger partial charge in [-0.2, -0.15) is 11.8 Å². The summed E-state index contributed by atoms with van der Waals surface area (Å²) in [6.45, 7) is 1.69. The second-order valence-corrected chi connectivity index (χ2v) is 7.20. The van der Waals surface area contributed by atoms with Gasteiger partial charge in [0.25, 0.3) is 0 Å². The quantitative estimate of drug-likeness (QED) is 0.873. The Bertz CT molecular complexity index is 615. The molecule has 2 aromatic heterocycles. The highest BCUT2D eigenvalue weighted by Gasteiger charge is 2.25. The van der Waals surface area contributed by atoms with E-state index >= 15 is 0 Å². The number of rotatable bonds is 3. The van der Waals surface area contributed by atoms with Gasteiger partial charge in [-0.1, -0.05) is 0 Å². The van der Waals surface area contributed by atoms with Crippen LogP contribution in [0.4, 0.5) is 0 Å². The van der Waals surface area contributed by atoms with E-state index in [0.29, 0.717) is 6.04 Å². The molecule has 4 rings (SSSR count). The zero-order chi connectivity index (χ0) is 14.1. The number of hydrogen-bond donors (Lipinski definition) is 0. The van der Waals surface area contributed by atoms with Crippen LogP contribution in [0.5, 0.6) is 0 Å². The molecule has 0 amide bonds. The first kappa shape index (κ1) is 13.6. The van der Waals surface area contributed by atoms with Crippen LogP contribution in [0.2, 0.25) is 0 Å². The number of fused-ring (bicyclic) bond motifs is 1. The number of aromatic nitrogens is 3. The molecule has 4 nitrogen and oxygen atoms in total. The van der Waals surface area contributed by atoms with Crippen LogP contribution >= 0.6 is 11.8 Å². The fourth-order valence-corrected chi connectivity index (χ4v) is 4.72. The topological polar surface area (TPSA) is 39.9 Å². The maximum absolute atomic E-state index is 5.70. The highest BCUT2D eigenvalue weighted by Crippen LogP contribution is 2.30. The Balaban J connectivity index is 1.72. The number of pyridine rings is 1. The van der Waals surface area contributed by atoms with Crippen LogP contribution in [0.3, 0.4) is 0 Å². The largest absolute Gasteiger partial charge is 0.379 e. The van der Waals surface area contributed by atoms with Crippen LogP contribution in [0.15, 0.2) is 18.3 Å². The van der Waals surface area contributed by atoms with Crippen LogP contribution in [-0.4, -0.2) is 39.3 Å². The molecule has 5 heteroatoms. The van der Waals surface area contributed by atoms with Gasteiger partial charge >= 0.3 is 0 Å². The third-order valence-corrected chi connectivity index (χ3v) is 5.75. The van der Waals surface area contributed by atoms with Gasteiger partial charge < -0.3 is 9.30 Å². The summed E-state index contributed by atoms with van der Waals surface area (Å²) >= 11 is 2.07. The zero-order valence-corrected chi connectivity index (χ0v) is 13.0. The molecule has 0 radical (unpaired) electrons. The maximum Gasteiger partial charge on any atom is 0.160 e. The number of hydrogen-bond acceptors (Lipinski definition) is 4. The molecule has 2 fully saturated rings. The van der Waals surface area contributed by atoms with E-state index < -0.39 is 0 Å². The smallest absolute Gasteiger partial charge is 0.160 e. The predicted molar refractivity (Wildman–Crippen MR) is 85.8 cm³/mol. The summed E-state index contributed by atoms with van der Waals surface area (Å²) < 4.78 is 8.07. The van der Waals surface area contributed by atoms with E-state index in [4.69, 9.17) is 9.72 Å². The van der Waals surface area contributed by atoms with Crippen molar-refractivity contribution in [2.24, 2.45) is 5.92 Å². The van der Waals surface area contributed by atoms with Gasteiger partial charge in [-0.05, 0) is 48.8 Å². The average Bonchev–Trinajstić information content (AvgIpc) is 3.15. The average molecular weight is 303 g/mol. The molecule has 2 saturated heterocycles. The van der Waals surface area contributed by atoms with Crippen molar-refractivity contribution in [2.45, 2.75) is 31.7 Å². The van der Waals surface area contributed by atoms with Crippen LogP contribution in [-0.2, 0) is 11.2 Å². The van der Waals surface area contributed by atoms with Gasteiger partial charge in [0.05, 0.1) is 12.6 Å². The second kappa shape index (κ2) is 5.97. The Labute approximate surface area is 129 Å². The van der Waals surface area contributed by atoms with Crippen molar-refractivity contribution in [3.05, 3.63) is 24.2 Å². The third kappa shape index (κ3) is 2.69. The predicted octanol–water partition coefficient (Wildman–Crippen LogP) is 3.08. The van der Waals surface area contributed by atoms with Gasteiger partial charge in [0.1, 0.15) is 11.3 Å². The number of nitrogens with zero attached hydrogens (tertiary/aromatic N) is 3. The Morgan fingerprint density at radius 3 is 3.19 bits per heavy atom. The molecule has 0 bridgehead atoms. The summed E-state index contributed by atoms with van der Waals surface area (Å²) in [7, 11) is 0. The molecule has 2 unspecified atom stereocenters. The van der Waals surface area contributed by atoms with Crippen LogP contribution in [0, 0.1) is 5.92 Å². The Morgan fingerprint density at radius 1 is 1.38 bits per heavy atom. The van der Waals surface area contributed by atoms with Crippen molar-refractivity contribution in [3.8, 4) is 0 Å². The van der Waals surface area contributed by atoms with Crippen LogP contribution < -0.4 is 0 Å². The van der Waals surface area contributed by atoms with Crippen molar-refractivity contribution < 1.29 is 4.74 Å². The van der Waals surface area contributed by atoms with Crippen molar-refractivity contribution in [2.75, 3.05) is 24.7 Å². The SMILES string of the molecule is c1cnc2c(c1)nc(CC1CCSC1)n2C1CCCOC1. The van der Waals surface area contributed by atoms with Gasteiger partial charge in [-0.15, -0.1) is 0 Å². The number of thioether (sulfide) groups is 1. The fourth-order valence-electron chi connectivity index (χ4n) is 3.43. The van der Waals surface area contributed by atoms with Crippen molar-refractivity contribution >= 4 is 22.9 Å². The maximum atomic E-state index is 5.70. The minimum Gasteiger partial charge on any atom is -0.379 e. The lowest BCUT2D eigenvalue weighted by atomic mass is 10.0.